The van der Waals surface area contributed by atoms with Gasteiger partial charge in [-0.15, -0.1) is 11.3 Å². The molecule has 0 atom stereocenters. The summed E-state index contributed by atoms with van der Waals surface area (Å²) in [5, 5.41) is 14.1. The van der Waals surface area contributed by atoms with Gasteiger partial charge in [0.25, 0.3) is 0 Å². The van der Waals surface area contributed by atoms with Crippen LogP contribution in [0.2, 0.25) is 0 Å². The molecule has 25 heavy (non-hydrogen) atoms. The molecule has 2 aromatic rings. The van der Waals surface area contributed by atoms with Crippen LogP contribution in [-0.4, -0.2) is 38.6 Å². The van der Waals surface area contributed by atoms with Crippen molar-refractivity contribution in [3.63, 3.8) is 0 Å². The van der Waals surface area contributed by atoms with Gasteiger partial charge in [-0.2, -0.15) is 5.26 Å². The molecule has 0 aliphatic rings. The van der Waals surface area contributed by atoms with E-state index in [9.17, 15) is 4.79 Å². The van der Waals surface area contributed by atoms with Crippen molar-refractivity contribution in [2.45, 2.75) is 13.0 Å². The number of methoxy groups -OCH3 is 2. The van der Waals surface area contributed by atoms with Crippen LogP contribution in [0.1, 0.15) is 17.5 Å². The van der Waals surface area contributed by atoms with Gasteiger partial charge >= 0.3 is 0 Å². The van der Waals surface area contributed by atoms with Crippen molar-refractivity contribution in [2.75, 3.05) is 33.1 Å². The molecule has 7 heteroatoms. The second-order valence-electron chi connectivity index (χ2n) is 5.49. The molecule has 0 aliphatic carbocycles. The first-order chi connectivity index (χ1) is 12.1. The summed E-state index contributed by atoms with van der Waals surface area (Å²) in [5.74, 6) is 1.40. The van der Waals surface area contributed by atoms with Crippen molar-refractivity contribution in [1.82, 2.24) is 4.90 Å². The molecule has 0 bridgehead atoms. The fourth-order valence-electron chi connectivity index (χ4n) is 2.33. The summed E-state index contributed by atoms with van der Waals surface area (Å²) in [6.45, 7) is 1.25. The molecule has 1 aromatic heterocycles. The zero-order chi connectivity index (χ0) is 18.2. The van der Waals surface area contributed by atoms with E-state index >= 15 is 0 Å². The molecule has 132 valence electrons. The number of amides is 1. The number of nitrogens with zero attached hydrogens (tertiary/aromatic N) is 2. The number of thiophene rings is 1. The van der Waals surface area contributed by atoms with Gasteiger partial charge < -0.3 is 19.7 Å². The van der Waals surface area contributed by atoms with Gasteiger partial charge in [-0.3, -0.25) is 4.79 Å². The molecule has 1 N–H and O–H groups in total. The molecule has 0 saturated carbocycles. The lowest BCUT2D eigenvalue weighted by atomic mass is 10.1. The summed E-state index contributed by atoms with van der Waals surface area (Å²) in [4.78, 5) is 14.1. The minimum atomic E-state index is -0.104. The average Bonchev–Trinajstić information content (AvgIpc) is 3.07. The standard InChI is InChI=1S/C18H21N3O3S/c1-21(12-14-4-5-15(23-2)10-16(14)24-3)8-6-17(22)20-18-13(11-19)7-9-25-18/h4-5,7,9-10H,6,8,12H2,1-3H3,(H,20,22). The second-order valence-corrected chi connectivity index (χ2v) is 6.41. The fourth-order valence-corrected chi connectivity index (χ4v) is 3.08. The largest absolute Gasteiger partial charge is 0.497 e. The Kier molecular flexibility index (Phi) is 6.81. The highest BCUT2D eigenvalue weighted by molar-refractivity contribution is 7.14. The van der Waals surface area contributed by atoms with Gasteiger partial charge in [-0.05, 0) is 24.6 Å². The van der Waals surface area contributed by atoms with E-state index in [2.05, 4.69) is 11.4 Å². The topological polar surface area (TPSA) is 74.6 Å². The van der Waals surface area contributed by atoms with Crippen molar-refractivity contribution in [3.05, 3.63) is 40.8 Å². The predicted molar refractivity (Wildman–Crippen MR) is 98.2 cm³/mol. The second kappa shape index (κ2) is 9.06. The van der Waals surface area contributed by atoms with Crippen LogP contribution in [0.15, 0.2) is 29.6 Å². The van der Waals surface area contributed by atoms with Gasteiger partial charge in [0.15, 0.2) is 0 Å². The highest BCUT2D eigenvalue weighted by Crippen LogP contribution is 2.25. The summed E-state index contributed by atoms with van der Waals surface area (Å²) in [5.41, 5.74) is 1.52. The molecule has 1 aromatic carbocycles. The lowest BCUT2D eigenvalue weighted by Crippen LogP contribution is -2.24. The summed E-state index contributed by atoms with van der Waals surface area (Å²) in [7, 11) is 5.19. The number of anilines is 1. The Hall–Kier alpha value is -2.56. The van der Waals surface area contributed by atoms with E-state index in [0.717, 1.165) is 17.1 Å². The van der Waals surface area contributed by atoms with Crippen LogP contribution in [0.3, 0.4) is 0 Å². The Morgan fingerprint density at radius 2 is 2.12 bits per heavy atom. The van der Waals surface area contributed by atoms with Crippen molar-refractivity contribution in [1.29, 1.82) is 5.26 Å². The number of carbonyl (C=O) groups excluding carboxylic acids is 1. The quantitative estimate of drug-likeness (QED) is 0.784. The highest BCUT2D eigenvalue weighted by atomic mass is 32.1. The molecule has 0 radical (unpaired) electrons. The monoisotopic (exact) mass is 359 g/mol. The van der Waals surface area contributed by atoms with Gasteiger partial charge in [-0.25, -0.2) is 0 Å². The first kappa shape index (κ1) is 18.8. The third-order valence-corrected chi connectivity index (χ3v) is 4.52. The molecule has 0 saturated heterocycles. The van der Waals surface area contributed by atoms with Crippen LogP contribution in [0.5, 0.6) is 11.5 Å². The Morgan fingerprint density at radius 3 is 2.80 bits per heavy atom. The number of nitriles is 1. The van der Waals surface area contributed by atoms with E-state index in [0.29, 0.717) is 30.1 Å². The highest BCUT2D eigenvalue weighted by Gasteiger charge is 2.11. The molecule has 2 rings (SSSR count). The fraction of sp³-hybridized carbons (Fsp3) is 0.333. The molecule has 0 spiro atoms. The average molecular weight is 359 g/mol. The van der Waals surface area contributed by atoms with E-state index in [1.165, 1.54) is 11.3 Å². The van der Waals surface area contributed by atoms with Gasteiger partial charge in [-0.1, -0.05) is 6.07 Å². The van der Waals surface area contributed by atoms with Crippen molar-refractivity contribution in [3.8, 4) is 17.6 Å². The molecule has 0 aliphatic heterocycles. The van der Waals surface area contributed by atoms with Crippen LogP contribution in [0, 0.1) is 11.3 Å². The maximum Gasteiger partial charge on any atom is 0.226 e. The Morgan fingerprint density at radius 1 is 1.32 bits per heavy atom. The molecular weight excluding hydrogens is 338 g/mol. The van der Waals surface area contributed by atoms with E-state index < -0.39 is 0 Å². The normalized spacial score (nSPS) is 10.4. The first-order valence-electron chi connectivity index (χ1n) is 7.74. The van der Waals surface area contributed by atoms with Crippen molar-refractivity contribution < 1.29 is 14.3 Å². The summed E-state index contributed by atoms with van der Waals surface area (Å²) < 4.78 is 10.6. The number of hydrogen-bond donors (Lipinski definition) is 1. The van der Waals surface area contributed by atoms with Crippen LogP contribution < -0.4 is 14.8 Å². The minimum absolute atomic E-state index is 0.104. The smallest absolute Gasteiger partial charge is 0.226 e. The van der Waals surface area contributed by atoms with E-state index in [4.69, 9.17) is 14.7 Å². The number of hydrogen-bond acceptors (Lipinski definition) is 6. The lowest BCUT2D eigenvalue weighted by molar-refractivity contribution is -0.116. The van der Waals surface area contributed by atoms with Crippen LogP contribution in [0.25, 0.3) is 0 Å². The van der Waals surface area contributed by atoms with E-state index in [-0.39, 0.29) is 5.91 Å². The SMILES string of the molecule is COc1ccc(CN(C)CCC(=O)Nc2sccc2C#N)c(OC)c1. The zero-order valence-electron chi connectivity index (χ0n) is 14.5. The van der Waals surface area contributed by atoms with E-state index in [1.54, 1.807) is 25.7 Å². The number of benzene rings is 1. The maximum atomic E-state index is 12.1. The molecular formula is C18H21N3O3S. The molecule has 1 heterocycles. The molecule has 0 fully saturated rings. The van der Waals surface area contributed by atoms with Crippen LogP contribution in [-0.2, 0) is 11.3 Å². The number of nitrogens with one attached hydrogen (secondary N) is 1. The lowest BCUT2D eigenvalue weighted by Gasteiger charge is -2.18. The predicted octanol–water partition coefficient (Wildman–Crippen LogP) is 3.10. The Bertz CT molecular complexity index is 767. The summed E-state index contributed by atoms with van der Waals surface area (Å²) in [6.07, 6.45) is 0.345. The van der Waals surface area contributed by atoms with Crippen LogP contribution >= 0.6 is 11.3 Å². The minimum Gasteiger partial charge on any atom is -0.497 e. The number of carbonyl (C=O) groups is 1. The van der Waals surface area contributed by atoms with Gasteiger partial charge in [0.1, 0.15) is 22.6 Å². The Labute approximate surface area is 151 Å². The third-order valence-electron chi connectivity index (χ3n) is 3.69. The summed E-state index contributed by atoms with van der Waals surface area (Å²) in [6, 6.07) is 9.45. The summed E-state index contributed by atoms with van der Waals surface area (Å²) >= 11 is 1.35. The molecule has 6 nitrogen and oxygen atoms in total. The first-order valence-corrected chi connectivity index (χ1v) is 8.62. The van der Waals surface area contributed by atoms with Gasteiger partial charge in [0.2, 0.25) is 5.91 Å². The van der Waals surface area contributed by atoms with Gasteiger partial charge in [0.05, 0.1) is 19.8 Å². The van der Waals surface area contributed by atoms with Crippen LogP contribution in [0.4, 0.5) is 5.00 Å². The maximum absolute atomic E-state index is 12.1. The molecule has 1 amide bonds. The third kappa shape index (κ3) is 5.21. The van der Waals surface area contributed by atoms with Gasteiger partial charge in [0, 0.05) is 31.1 Å². The van der Waals surface area contributed by atoms with E-state index in [1.807, 2.05) is 30.1 Å². The number of ether oxygens (including phenoxy) is 2. The Balaban J connectivity index is 1.87. The molecule has 0 unspecified atom stereocenters. The number of rotatable bonds is 8. The van der Waals surface area contributed by atoms with Crippen molar-refractivity contribution in [2.24, 2.45) is 0 Å². The van der Waals surface area contributed by atoms with Crippen molar-refractivity contribution >= 4 is 22.2 Å². The zero-order valence-corrected chi connectivity index (χ0v) is 15.4.